The molecular formula is C21H21F2N3O5. The first-order valence-electron chi connectivity index (χ1n) is 9.31. The molecular weight excluding hydrogens is 412 g/mol. The number of nitrogens with one attached hydrogen (secondary N) is 1. The maximum Gasteiger partial charge on any atom is 0.287 e. The molecule has 8 nitrogen and oxygen atoms in total. The lowest BCUT2D eigenvalue weighted by atomic mass is 10.1. The number of aryl methyl sites for hydroxylation is 1. The van der Waals surface area contributed by atoms with Gasteiger partial charge < -0.3 is 25.3 Å². The molecule has 2 aromatic heterocycles. The Balaban J connectivity index is 1.87. The number of aliphatic hydroxyl groups is 1. The molecule has 0 saturated heterocycles. The standard InChI is InChI=1S/C21H21F2N3O5/c1-11-17(20(29)26-15(9-27)19(24)28)14-8-13(5-6-16(14)31-11)30-10-12-4-3-7-25-18(12)21(2,22)23/h3-8,15,27H,9-10H2,1-2H3,(H2,24,28)(H,26,29)/t15-/m0/s1. The van der Waals surface area contributed by atoms with E-state index in [-0.39, 0.29) is 29.2 Å². The van der Waals surface area contributed by atoms with Crippen molar-refractivity contribution in [1.29, 1.82) is 0 Å². The van der Waals surface area contributed by atoms with Crippen LogP contribution in [0.4, 0.5) is 8.78 Å². The van der Waals surface area contributed by atoms with E-state index in [1.807, 2.05) is 0 Å². The van der Waals surface area contributed by atoms with Crippen molar-refractivity contribution in [1.82, 2.24) is 10.3 Å². The number of nitrogens with zero attached hydrogens (tertiary/aromatic N) is 1. The van der Waals surface area contributed by atoms with Crippen molar-refractivity contribution in [2.75, 3.05) is 6.61 Å². The molecule has 0 saturated carbocycles. The van der Waals surface area contributed by atoms with Crippen molar-refractivity contribution in [3.05, 3.63) is 59.1 Å². The fourth-order valence-electron chi connectivity index (χ4n) is 3.12. The lowest BCUT2D eigenvalue weighted by Crippen LogP contribution is -2.46. The number of carbonyl (C=O) groups is 2. The summed E-state index contributed by atoms with van der Waals surface area (Å²) in [6, 6.07) is 6.46. The quantitative estimate of drug-likeness (QED) is 0.501. The Hall–Kier alpha value is -3.53. The van der Waals surface area contributed by atoms with E-state index in [1.54, 1.807) is 19.1 Å². The van der Waals surface area contributed by atoms with E-state index in [0.717, 1.165) is 6.92 Å². The molecule has 2 heterocycles. The molecule has 0 bridgehead atoms. The van der Waals surface area contributed by atoms with E-state index in [9.17, 15) is 23.5 Å². The van der Waals surface area contributed by atoms with Crippen LogP contribution < -0.4 is 15.8 Å². The summed E-state index contributed by atoms with van der Waals surface area (Å²) < 4.78 is 38.7. The molecule has 10 heteroatoms. The fraction of sp³-hybridized carbons (Fsp3) is 0.286. The van der Waals surface area contributed by atoms with E-state index in [1.165, 1.54) is 24.4 Å². The van der Waals surface area contributed by atoms with Crippen molar-refractivity contribution < 1.29 is 32.6 Å². The van der Waals surface area contributed by atoms with Gasteiger partial charge in [-0.25, -0.2) is 0 Å². The maximum absolute atomic E-state index is 13.8. The Morgan fingerprint density at radius 2 is 2.10 bits per heavy atom. The van der Waals surface area contributed by atoms with Crippen LogP contribution in [0.25, 0.3) is 11.0 Å². The van der Waals surface area contributed by atoms with Gasteiger partial charge in [0.05, 0.1) is 12.2 Å². The van der Waals surface area contributed by atoms with Crippen LogP contribution in [0, 0.1) is 6.92 Å². The number of primary amides is 1. The largest absolute Gasteiger partial charge is 0.489 e. The molecule has 3 rings (SSSR count). The van der Waals surface area contributed by atoms with Crippen LogP contribution in [0.15, 0.2) is 40.9 Å². The fourth-order valence-corrected chi connectivity index (χ4v) is 3.12. The molecule has 0 aliphatic heterocycles. The monoisotopic (exact) mass is 433 g/mol. The number of pyridine rings is 1. The number of furan rings is 1. The molecule has 0 fully saturated rings. The number of hydrogen-bond donors (Lipinski definition) is 3. The van der Waals surface area contributed by atoms with Crippen LogP contribution in [-0.2, 0) is 17.3 Å². The van der Waals surface area contributed by atoms with Crippen LogP contribution >= 0.6 is 0 Å². The number of nitrogens with two attached hydrogens (primary N) is 1. The second kappa shape index (κ2) is 8.68. The predicted molar refractivity (Wildman–Crippen MR) is 107 cm³/mol. The van der Waals surface area contributed by atoms with E-state index >= 15 is 0 Å². The number of alkyl halides is 2. The van der Waals surface area contributed by atoms with Gasteiger partial charge in [0.2, 0.25) is 5.91 Å². The van der Waals surface area contributed by atoms with Gasteiger partial charge >= 0.3 is 0 Å². The zero-order chi connectivity index (χ0) is 22.8. The Bertz CT molecular complexity index is 1120. The van der Waals surface area contributed by atoms with Gasteiger partial charge in [0.25, 0.3) is 11.8 Å². The highest BCUT2D eigenvalue weighted by Gasteiger charge is 2.29. The molecule has 0 aliphatic rings. The van der Waals surface area contributed by atoms with E-state index in [0.29, 0.717) is 16.7 Å². The smallest absolute Gasteiger partial charge is 0.287 e. The van der Waals surface area contributed by atoms with Crippen molar-refractivity contribution >= 4 is 22.8 Å². The van der Waals surface area contributed by atoms with Gasteiger partial charge in [-0.2, -0.15) is 8.78 Å². The van der Waals surface area contributed by atoms with E-state index in [4.69, 9.17) is 14.9 Å². The molecule has 31 heavy (non-hydrogen) atoms. The Labute approximate surface area is 176 Å². The highest BCUT2D eigenvalue weighted by molar-refractivity contribution is 6.08. The molecule has 164 valence electrons. The molecule has 0 unspecified atom stereocenters. The van der Waals surface area contributed by atoms with Gasteiger partial charge in [-0.15, -0.1) is 0 Å². The molecule has 1 aromatic carbocycles. The van der Waals surface area contributed by atoms with E-state index in [2.05, 4.69) is 10.3 Å². The molecule has 3 aromatic rings. The second-order valence-electron chi connectivity index (χ2n) is 6.99. The molecule has 1 atom stereocenters. The molecule has 4 N–H and O–H groups in total. The molecule has 0 radical (unpaired) electrons. The van der Waals surface area contributed by atoms with Crippen molar-refractivity contribution in [2.24, 2.45) is 5.73 Å². The summed E-state index contributed by atoms with van der Waals surface area (Å²) in [5.41, 5.74) is 5.52. The normalized spacial score (nSPS) is 12.5. The minimum atomic E-state index is -3.12. The summed E-state index contributed by atoms with van der Waals surface area (Å²) in [5, 5.41) is 11.9. The number of aromatic nitrogens is 1. The summed E-state index contributed by atoms with van der Waals surface area (Å²) in [4.78, 5) is 27.7. The third-order valence-electron chi connectivity index (χ3n) is 4.60. The first-order chi connectivity index (χ1) is 14.6. The average Bonchev–Trinajstić information content (AvgIpc) is 3.04. The summed E-state index contributed by atoms with van der Waals surface area (Å²) in [6.07, 6.45) is 1.28. The minimum Gasteiger partial charge on any atom is -0.489 e. The van der Waals surface area contributed by atoms with Gasteiger partial charge in [-0.3, -0.25) is 14.6 Å². The van der Waals surface area contributed by atoms with Crippen LogP contribution in [-0.4, -0.2) is 34.6 Å². The lowest BCUT2D eigenvalue weighted by molar-refractivity contribution is -0.120. The lowest BCUT2D eigenvalue weighted by Gasteiger charge is -2.15. The molecule has 0 aliphatic carbocycles. The number of hydrogen-bond acceptors (Lipinski definition) is 6. The van der Waals surface area contributed by atoms with Crippen molar-refractivity contribution in [3.63, 3.8) is 0 Å². The van der Waals surface area contributed by atoms with Gasteiger partial charge in [-0.05, 0) is 31.2 Å². The summed E-state index contributed by atoms with van der Waals surface area (Å²) >= 11 is 0. The number of rotatable bonds is 8. The molecule has 2 amide bonds. The minimum absolute atomic E-state index is 0.141. The number of halogens is 2. The number of aliphatic hydroxyl groups excluding tert-OH is 1. The third-order valence-corrected chi connectivity index (χ3v) is 4.60. The Morgan fingerprint density at radius 1 is 1.35 bits per heavy atom. The Morgan fingerprint density at radius 3 is 2.74 bits per heavy atom. The Kier molecular flexibility index (Phi) is 6.21. The predicted octanol–water partition coefficient (Wildman–Crippen LogP) is 2.40. The summed E-state index contributed by atoms with van der Waals surface area (Å²) in [6.45, 7) is 1.51. The SMILES string of the molecule is Cc1oc2ccc(OCc3cccnc3C(C)(F)F)cc2c1C(=O)N[C@@H](CO)C(N)=O. The van der Waals surface area contributed by atoms with Crippen LogP contribution in [0.5, 0.6) is 5.75 Å². The van der Waals surface area contributed by atoms with E-state index < -0.39 is 30.4 Å². The number of fused-ring (bicyclic) bond motifs is 1. The zero-order valence-electron chi connectivity index (χ0n) is 16.8. The van der Waals surface area contributed by atoms with Crippen molar-refractivity contribution in [3.8, 4) is 5.75 Å². The number of amides is 2. The number of benzene rings is 1. The number of ether oxygens (including phenoxy) is 1. The van der Waals surface area contributed by atoms with Gasteiger partial charge in [0.15, 0.2) is 0 Å². The average molecular weight is 433 g/mol. The maximum atomic E-state index is 13.8. The highest BCUT2D eigenvalue weighted by Crippen LogP contribution is 2.31. The van der Waals surface area contributed by atoms with Crippen LogP contribution in [0.2, 0.25) is 0 Å². The highest BCUT2D eigenvalue weighted by atomic mass is 19.3. The third kappa shape index (κ3) is 4.80. The van der Waals surface area contributed by atoms with Gasteiger partial charge in [-0.1, -0.05) is 6.07 Å². The second-order valence-corrected chi connectivity index (χ2v) is 6.99. The summed E-state index contributed by atoms with van der Waals surface area (Å²) in [5.74, 6) is -4.08. The van der Waals surface area contributed by atoms with Crippen LogP contribution in [0.1, 0.15) is 34.3 Å². The number of carbonyl (C=O) groups excluding carboxylic acids is 2. The first kappa shape index (κ1) is 22.2. The van der Waals surface area contributed by atoms with Gasteiger partial charge in [0.1, 0.15) is 35.4 Å². The molecule has 0 spiro atoms. The zero-order valence-corrected chi connectivity index (χ0v) is 16.8. The first-order valence-corrected chi connectivity index (χ1v) is 9.31. The summed E-state index contributed by atoms with van der Waals surface area (Å²) in [7, 11) is 0. The topological polar surface area (TPSA) is 128 Å². The van der Waals surface area contributed by atoms with Gasteiger partial charge in [0, 0.05) is 24.1 Å². The van der Waals surface area contributed by atoms with Crippen molar-refractivity contribution in [2.45, 2.75) is 32.4 Å². The van der Waals surface area contributed by atoms with Crippen LogP contribution in [0.3, 0.4) is 0 Å².